The number of aliphatic hydroxyl groups is 1. The van der Waals surface area contributed by atoms with Crippen molar-refractivity contribution in [1.29, 1.82) is 0 Å². The summed E-state index contributed by atoms with van der Waals surface area (Å²) in [6, 6.07) is 6.61. The average molecular weight is 483 g/mol. The fourth-order valence-corrected chi connectivity index (χ4v) is 2.93. The summed E-state index contributed by atoms with van der Waals surface area (Å²) in [6.45, 7) is 4.21. The van der Waals surface area contributed by atoms with Gasteiger partial charge >= 0.3 is 6.09 Å². The number of unbranched alkanes of at least 4 members (excludes halogenated alkanes) is 3. The number of primary amides is 2. The number of ether oxygens (including phenoxy) is 3. The van der Waals surface area contributed by atoms with Crippen LogP contribution in [0.5, 0.6) is 10.9 Å². The van der Waals surface area contributed by atoms with Crippen LogP contribution in [0.15, 0.2) is 35.8 Å². The summed E-state index contributed by atoms with van der Waals surface area (Å²) in [7, 11) is 0. The first-order chi connectivity index (χ1) is 15.9. The Morgan fingerprint density at radius 2 is 1.88 bits per heavy atom. The predicted molar refractivity (Wildman–Crippen MR) is 127 cm³/mol. The topological polar surface area (TPSA) is 159 Å². The van der Waals surface area contributed by atoms with Gasteiger partial charge in [0.25, 0.3) is 5.19 Å². The highest BCUT2D eigenvalue weighted by atomic mass is 32.1. The Morgan fingerprint density at radius 1 is 1.12 bits per heavy atom. The third kappa shape index (κ3) is 14.7. The van der Waals surface area contributed by atoms with E-state index in [0.717, 1.165) is 12.8 Å². The molecule has 33 heavy (non-hydrogen) atoms. The summed E-state index contributed by atoms with van der Waals surface area (Å²) < 4.78 is 15.3. The number of hydrogen-bond acceptors (Lipinski definition) is 9. The number of nitrogens with two attached hydrogens (primary N) is 2. The zero-order valence-electron chi connectivity index (χ0n) is 18.9. The highest BCUT2D eigenvalue weighted by molar-refractivity contribution is 7.11. The molecule has 11 heteroatoms. The maximum Gasteiger partial charge on any atom is 0.404 e. The Morgan fingerprint density at radius 3 is 2.48 bits per heavy atom. The first kappa shape index (κ1) is 28.1. The van der Waals surface area contributed by atoms with Crippen molar-refractivity contribution < 1.29 is 28.9 Å². The number of aliphatic hydroxyl groups excluding tert-OH is 1. The van der Waals surface area contributed by atoms with E-state index in [9.17, 15) is 14.7 Å². The summed E-state index contributed by atoms with van der Waals surface area (Å²) in [5.74, 6) is 0.191. The molecule has 0 radical (unpaired) electrons. The van der Waals surface area contributed by atoms with Crippen molar-refractivity contribution in [3.8, 4) is 10.9 Å². The van der Waals surface area contributed by atoms with E-state index < -0.39 is 18.1 Å². The van der Waals surface area contributed by atoms with Gasteiger partial charge in [-0.1, -0.05) is 37.5 Å². The molecule has 1 aromatic carbocycles. The van der Waals surface area contributed by atoms with Gasteiger partial charge in [0.05, 0.1) is 6.61 Å². The van der Waals surface area contributed by atoms with E-state index in [4.69, 9.17) is 20.9 Å². The van der Waals surface area contributed by atoms with Gasteiger partial charge in [-0.2, -0.15) is 0 Å². The van der Waals surface area contributed by atoms with Crippen LogP contribution in [-0.4, -0.2) is 61.1 Å². The number of amides is 2. The molecule has 0 aliphatic carbocycles. The standard InChI is InChI=1S/C15H19N3O4S.C7H15NO2/c16-14(20)11-1-3-13(4-2-11)21-7-5-17-9-12(19)10-22-15-18-6-8-23-15;1-2-3-4-5-6-10-7(8)9/h1-4,6,8,12,17,19H,5,7,9-10H2,(H2,16,20);2-6H2,1H3,(H2,8,9). The Hall–Kier alpha value is -2.89. The molecule has 0 bridgehead atoms. The van der Waals surface area contributed by atoms with Gasteiger partial charge in [0.2, 0.25) is 5.91 Å². The van der Waals surface area contributed by atoms with Gasteiger partial charge in [-0.15, -0.1) is 0 Å². The molecule has 1 aromatic heterocycles. The van der Waals surface area contributed by atoms with Crippen LogP contribution in [-0.2, 0) is 4.74 Å². The fraction of sp³-hybridized carbons (Fsp3) is 0.500. The minimum absolute atomic E-state index is 0.190. The van der Waals surface area contributed by atoms with Crippen molar-refractivity contribution in [2.45, 2.75) is 38.7 Å². The second kappa shape index (κ2) is 17.6. The van der Waals surface area contributed by atoms with Crippen LogP contribution in [0.4, 0.5) is 4.79 Å². The third-order valence-corrected chi connectivity index (χ3v) is 4.80. The third-order valence-electron chi connectivity index (χ3n) is 4.12. The van der Waals surface area contributed by atoms with Gasteiger partial charge in [-0.05, 0) is 30.7 Å². The number of thiazole rings is 1. The molecule has 2 amide bonds. The highest BCUT2D eigenvalue weighted by Gasteiger charge is 2.06. The molecule has 2 rings (SSSR count). The largest absolute Gasteiger partial charge is 0.492 e. The van der Waals surface area contributed by atoms with E-state index in [1.54, 1.807) is 30.5 Å². The van der Waals surface area contributed by atoms with Gasteiger partial charge in [0, 0.05) is 30.2 Å². The monoisotopic (exact) mass is 482 g/mol. The molecule has 1 atom stereocenters. The lowest BCUT2D eigenvalue weighted by Gasteiger charge is -2.12. The second-order valence-corrected chi connectivity index (χ2v) is 7.79. The van der Waals surface area contributed by atoms with E-state index >= 15 is 0 Å². The number of rotatable bonds is 15. The van der Waals surface area contributed by atoms with Gasteiger partial charge in [-0.3, -0.25) is 4.79 Å². The number of nitrogens with one attached hydrogen (secondary N) is 1. The van der Waals surface area contributed by atoms with Crippen LogP contribution in [0.3, 0.4) is 0 Å². The fourth-order valence-electron chi connectivity index (χ4n) is 2.43. The Labute approximate surface area is 198 Å². The number of hydrogen-bond donors (Lipinski definition) is 4. The number of carbonyl (C=O) groups excluding carboxylic acids is 2. The summed E-state index contributed by atoms with van der Waals surface area (Å²) in [6.07, 6.45) is 4.79. The minimum atomic E-state index is -0.670. The Bertz CT molecular complexity index is 774. The zero-order valence-corrected chi connectivity index (χ0v) is 19.7. The molecule has 0 saturated heterocycles. The average Bonchev–Trinajstić information content (AvgIpc) is 3.32. The maximum atomic E-state index is 10.9. The number of carbonyl (C=O) groups is 2. The van der Waals surface area contributed by atoms with E-state index in [1.807, 2.05) is 5.38 Å². The van der Waals surface area contributed by atoms with Crippen LogP contribution in [0.25, 0.3) is 0 Å². The van der Waals surface area contributed by atoms with Crippen molar-refractivity contribution >= 4 is 23.3 Å². The molecule has 2 aromatic rings. The van der Waals surface area contributed by atoms with Gasteiger partial charge in [0.1, 0.15) is 25.1 Å². The lowest BCUT2D eigenvalue weighted by Crippen LogP contribution is -2.33. The van der Waals surface area contributed by atoms with E-state index in [0.29, 0.717) is 42.8 Å². The predicted octanol–water partition coefficient (Wildman–Crippen LogP) is 2.31. The van der Waals surface area contributed by atoms with Crippen molar-refractivity contribution in [2.75, 3.05) is 32.9 Å². The molecule has 0 aliphatic rings. The molecule has 1 heterocycles. The zero-order chi connectivity index (χ0) is 24.3. The molecule has 184 valence electrons. The molecule has 10 nitrogen and oxygen atoms in total. The van der Waals surface area contributed by atoms with Gasteiger partial charge in [0.15, 0.2) is 0 Å². The van der Waals surface area contributed by atoms with Crippen molar-refractivity contribution in [2.24, 2.45) is 11.5 Å². The lowest BCUT2D eigenvalue weighted by molar-refractivity contribution is 0.1000. The van der Waals surface area contributed by atoms with Gasteiger partial charge < -0.3 is 36.1 Å². The number of benzene rings is 1. The van der Waals surface area contributed by atoms with Crippen LogP contribution in [0, 0.1) is 0 Å². The SMILES string of the molecule is CCCCCCOC(N)=O.NC(=O)c1ccc(OCCNCC(O)COc2nccs2)cc1. The second-order valence-electron chi connectivity index (χ2n) is 6.93. The first-order valence-corrected chi connectivity index (χ1v) is 11.7. The minimum Gasteiger partial charge on any atom is -0.492 e. The molecule has 0 fully saturated rings. The molecule has 1 unspecified atom stereocenters. The number of nitrogens with zero attached hydrogens (tertiary/aromatic N) is 1. The van der Waals surface area contributed by atoms with Crippen molar-refractivity contribution in [3.05, 3.63) is 41.4 Å². The van der Waals surface area contributed by atoms with Crippen LogP contribution >= 0.6 is 11.3 Å². The molecular weight excluding hydrogens is 448 g/mol. The summed E-state index contributed by atoms with van der Waals surface area (Å²) in [5, 5.41) is 15.2. The summed E-state index contributed by atoms with van der Waals surface area (Å²) in [4.78, 5) is 24.9. The van der Waals surface area contributed by atoms with Gasteiger partial charge in [-0.25, -0.2) is 9.78 Å². The van der Waals surface area contributed by atoms with Crippen molar-refractivity contribution in [1.82, 2.24) is 10.3 Å². The maximum absolute atomic E-state index is 10.9. The lowest BCUT2D eigenvalue weighted by atomic mass is 10.2. The highest BCUT2D eigenvalue weighted by Crippen LogP contribution is 2.13. The summed E-state index contributed by atoms with van der Waals surface area (Å²) >= 11 is 1.38. The quantitative estimate of drug-likeness (QED) is 0.281. The smallest absolute Gasteiger partial charge is 0.404 e. The van der Waals surface area contributed by atoms with Crippen molar-refractivity contribution in [3.63, 3.8) is 0 Å². The first-order valence-electron chi connectivity index (χ1n) is 10.8. The molecular formula is C22H34N4O6S. The molecule has 0 saturated carbocycles. The Balaban J connectivity index is 0.000000461. The summed E-state index contributed by atoms with van der Waals surface area (Å²) in [5.41, 5.74) is 10.3. The molecule has 6 N–H and O–H groups in total. The van der Waals surface area contributed by atoms with Crippen LogP contribution < -0.4 is 26.3 Å². The van der Waals surface area contributed by atoms with Crippen LogP contribution in [0.2, 0.25) is 0 Å². The van der Waals surface area contributed by atoms with Crippen LogP contribution in [0.1, 0.15) is 43.0 Å². The number of aromatic nitrogens is 1. The van der Waals surface area contributed by atoms with E-state index in [2.05, 4.69) is 22.0 Å². The Kier molecular flexibility index (Phi) is 15.0. The normalized spacial score (nSPS) is 11.1. The van der Waals surface area contributed by atoms with E-state index in [-0.39, 0.29) is 6.61 Å². The van der Waals surface area contributed by atoms with E-state index in [1.165, 1.54) is 24.2 Å². The molecule has 0 spiro atoms. The molecule has 0 aliphatic heterocycles.